The van der Waals surface area contributed by atoms with Crippen LogP contribution in [0.3, 0.4) is 0 Å². The van der Waals surface area contributed by atoms with Crippen LogP contribution in [-0.2, 0) is 6.54 Å². The van der Waals surface area contributed by atoms with Crippen LogP contribution >= 0.6 is 0 Å². The third-order valence-corrected chi connectivity index (χ3v) is 3.52. The van der Waals surface area contributed by atoms with Gasteiger partial charge in [-0.05, 0) is 19.1 Å². The number of aromatic nitrogens is 2. The van der Waals surface area contributed by atoms with E-state index in [1.54, 1.807) is 12.4 Å². The van der Waals surface area contributed by atoms with Gasteiger partial charge in [-0.1, -0.05) is 5.16 Å². The Hall–Kier alpha value is -2.21. The molecule has 0 radical (unpaired) electrons. The first kappa shape index (κ1) is 13.8. The number of hydrazone groups is 1. The Morgan fingerprint density at radius 1 is 1.33 bits per heavy atom. The van der Waals surface area contributed by atoms with Crippen molar-refractivity contribution in [3.63, 3.8) is 0 Å². The molecule has 21 heavy (non-hydrogen) atoms. The van der Waals surface area contributed by atoms with Gasteiger partial charge in [0.1, 0.15) is 5.69 Å². The van der Waals surface area contributed by atoms with Gasteiger partial charge in [0.2, 0.25) is 0 Å². The minimum Gasteiger partial charge on any atom is -0.359 e. The van der Waals surface area contributed by atoms with Gasteiger partial charge in [-0.2, -0.15) is 5.10 Å². The average Bonchev–Trinajstić information content (AvgIpc) is 2.99. The highest BCUT2D eigenvalue weighted by Gasteiger charge is 2.17. The van der Waals surface area contributed by atoms with E-state index < -0.39 is 0 Å². The number of hydrogen-bond donors (Lipinski definition) is 0. The van der Waals surface area contributed by atoms with Crippen LogP contribution in [0.25, 0.3) is 11.3 Å². The predicted octanol–water partition coefficient (Wildman–Crippen LogP) is 1.86. The lowest BCUT2D eigenvalue weighted by atomic mass is 10.2. The first-order valence-electron chi connectivity index (χ1n) is 7.17. The van der Waals surface area contributed by atoms with Crippen molar-refractivity contribution in [1.82, 2.24) is 20.0 Å². The molecule has 110 valence electrons. The molecule has 1 saturated heterocycles. The molecule has 0 aliphatic carbocycles. The van der Waals surface area contributed by atoms with E-state index in [1.165, 1.54) is 0 Å². The van der Waals surface area contributed by atoms with Gasteiger partial charge in [0.15, 0.2) is 5.76 Å². The Morgan fingerprint density at radius 2 is 2.19 bits per heavy atom. The molecule has 0 unspecified atom stereocenters. The minimum absolute atomic E-state index is 0.789. The first-order chi connectivity index (χ1) is 10.3. The van der Waals surface area contributed by atoms with Gasteiger partial charge >= 0.3 is 0 Å². The Labute approximate surface area is 124 Å². The van der Waals surface area contributed by atoms with Gasteiger partial charge in [-0.15, -0.1) is 0 Å². The van der Waals surface area contributed by atoms with E-state index in [-0.39, 0.29) is 0 Å². The van der Waals surface area contributed by atoms with E-state index in [0.29, 0.717) is 0 Å². The van der Waals surface area contributed by atoms with Crippen LogP contribution in [0.15, 0.2) is 40.2 Å². The highest BCUT2D eigenvalue weighted by atomic mass is 16.5. The van der Waals surface area contributed by atoms with E-state index in [9.17, 15) is 0 Å². The maximum atomic E-state index is 5.43. The van der Waals surface area contributed by atoms with Crippen molar-refractivity contribution in [2.75, 3.05) is 26.2 Å². The molecular formula is C15H19N5O. The molecule has 2 aromatic rings. The maximum Gasteiger partial charge on any atom is 0.151 e. The summed E-state index contributed by atoms with van der Waals surface area (Å²) < 4.78 is 5.43. The second kappa shape index (κ2) is 6.49. The summed E-state index contributed by atoms with van der Waals surface area (Å²) in [6, 6.07) is 5.88. The van der Waals surface area contributed by atoms with Crippen LogP contribution in [0, 0.1) is 0 Å². The quantitative estimate of drug-likeness (QED) is 0.803. The summed E-state index contributed by atoms with van der Waals surface area (Å²) in [5.41, 5.74) is 1.82. The molecular weight excluding hydrogens is 266 g/mol. The SMILES string of the molecule is C/C=N/N1CCN(Cc2cc(-c3cccnc3)no2)CC1. The lowest BCUT2D eigenvalue weighted by Gasteiger charge is -2.32. The lowest BCUT2D eigenvalue weighted by molar-refractivity contribution is 0.122. The van der Waals surface area contributed by atoms with Gasteiger partial charge in [0.25, 0.3) is 0 Å². The molecule has 1 fully saturated rings. The monoisotopic (exact) mass is 285 g/mol. The second-order valence-corrected chi connectivity index (χ2v) is 5.02. The fourth-order valence-corrected chi connectivity index (χ4v) is 2.43. The van der Waals surface area contributed by atoms with Crippen LogP contribution in [0.4, 0.5) is 0 Å². The fraction of sp³-hybridized carbons (Fsp3) is 0.400. The van der Waals surface area contributed by atoms with Crippen LogP contribution in [0.2, 0.25) is 0 Å². The minimum atomic E-state index is 0.789. The molecule has 3 rings (SSSR count). The zero-order valence-corrected chi connectivity index (χ0v) is 12.1. The van der Waals surface area contributed by atoms with Gasteiger partial charge in [-0.3, -0.25) is 14.9 Å². The molecule has 0 spiro atoms. The molecule has 0 aromatic carbocycles. The van der Waals surface area contributed by atoms with Crippen molar-refractivity contribution in [2.45, 2.75) is 13.5 Å². The van der Waals surface area contributed by atoms with Crippen molar-refractivity contribution >= 4 is 6.21 Å². The van der Waals surface area contributed by atoms with Crippen molar-refractivity contribution in [2.24, 2.45) is 5.10 Å². The van der Waals surface area contributed by atoms with Crippen molar-refractivity contribution in [1.29, 1.82) is 0 Å². The molecule has 1 aliphatic rings. The second-order valence-electron chi connectivity index (χ2n) is 5.02. The number of hydrogen-bond acceptors (Lipinski definition) is 6. The maximum absolute atomic E-state index is 5.43. The van der Waals surface area contributed by atoms with E-state index in [4.69, 9.17) is 4.52 Å². The Morgan fingerprint density at radius 3 is 2.90 bits per heavy atom. The van der Waals surface area contributed by atoms with Gasteiger partial charge < -0.3 is 4.52 Å². The first-order valence-corrected chi connectivity index (χ1v) is 7.17. The molecule has 0 amide bonds. The largest absolute Gasteiger partial charge is 0.359 e. The molecule has 1 aliphatic heterocycles. The highest BCUT2D eigenvalue weighted by Crippen LogP contribution is 2.19. The third-order valence-electron chi connectivity index (χ3n) is 3.52. The van der Waals surface area contributed by atoms with E-state index in [2.05, 4.69) is 25.2 Å². The van der Waals surface area contributed by atoms with E-state index in [1.807, 2.05) is 31.3 Å². The Kier molecular flexibility index (Phi) is 4.25. The zero-order chi connectivity index (χ0) is 14.5. The summed E-state index contributed by atoms with van der Waals surface area (Å²) in [7, 11) is 0. The number of nitrogens with zero attached hydrogens (tertiary/aromatic N) is 5. The molecule has 0 N–H and O–H groups in total. The van der Waals surface area contributed by atoms with E-state index in [0.717, 1.165) is 49.7 Å². The topological polar surface area (TPSA) is 57.8 Å². The molecule has 6 heteroatoms. The average molecular weight is 285 g/mol. The van der Waals surface area contributed by atoms with Gasteiger partial charge in [-0.25, -0.2) is 0 Å². The highest BCUT2D eigenvalue weighted by molar-refractivity contribution is 5.57. The molecule has 2 aromatic heterocycles. The summed E-state index contributed by atoms with van der Waals surface area (Å²) in [5, 5.41) is 10.5. The molecule has 6 nitrogen and oxygen atoms in total. The summed E-state index contributed by atoms with van der Waals surface area (Å²) in [5.74, 6) is 0.890. The van der Waals surface area contributed by atoms with Crippen LogP contribution in [0.1, 0.15) is 12.7 Å². The number of rotatable bonds is 4. The zero-order valence-electron chi connectivity index (χ0n) is 12.1. The standard InChI is InChI=1S/C15H19N5O/c1-2-17-20-8-6-19(7-9-20)12-14-10-15(18-21-14)13-4-3-5-16-11-13/h2-5,10-11H,6-9,12H2,1H3/b17-2+. The predicted molar refractivity (Wildman–Crippen MR) is 80.8 cm³/mol. The van der Waals surface area contributed by atoms with E-state index >= 15 is 0 Å². The van der Waals surface area contributed by atoms with Crippen LogP contribution in [0.5, 0.6) is 0 Å². The molecule has 0 saturated carbocycles. The Balaban J connectivity index is 1.58. The summed E-state index contributed by atoms with van der Waals surface area (Å²) in [4.78, 5) is 6.46. The smallest absolute Gasteiger partial charge is 0.151 e. The van der Waals surface area contributed by atoms with Crippen molar-refractivity contribution in [3.05, 3.63) is 36.4 Å². The normalized spacial score (nSPS) is 16.7. The lowest BCUT2D eigenvalue weighted by Crippen LogP contribution is -2.43. The summed E-state index contributed by atoms with van der Waals surface area (Å²) in [6.45, 7) is 6.61. The van der Waals surface area contributed by atoms with Crippen LogP contribution < -0.4 is 0 Å². The van der Waals surface area contributed by atoms with Gasteiger partial charge in [0, 0.05) is 56.4 Å². The van der Waals surface area contributed by atoms with Crippen molar-refractivity contribution in [3.8, 4) is 11.3 Å². The molecule has 0 atom stereocenters. The van der Waals surface area contributed by atoms with Crippen molar-refractivity contribution < 1.29 is 4.52 Å². The fourth-order valence-electron chi connectivity index (χ4n) is 2.43. The summed E-state index contributed by atoms with van der Waals surface area (Å²) in [6.07, 6.45) is 5.39. The number of pyridine rings is 1. The van der Waals surface area contributed by atoms with Crippen LogP contribution in [-0.4, -0.2) is 52.4 Å². The number of piperazine rings is 1. The Bertz CT molecular complexity index is 587. The summed E-state index contributed by atoms with van der Waals surface area (Å²) >= 11 is 0. The molecule has 3 heterocycles. The third kappa shape index (κ3) is 3.46. The molecule has 0 bridgehead atoms. The van der Waals surface area contributed by atoms with Gasteiger partial charge in [0.05, 0.1) is 6.54 Å².